The minimum Gasteiger partial charge on any atom is -0.482 e. The minimum absolute atomic E-state index is 0.0182. The van der Waals surface area contributed by atoms with Crippen LogP contribution in [0.2, 0.25) is 0 Å². The number of nitrogens with two attached hydrogens (primary N) is 2. The van der Waals surface area contributed by atoms with Gasteiger partial charge in [-0.25, -0.2) is 4.79 Å². The maximum atomic E-state index is 13.1. The molecule has 1 spiro atoms. The van der Waals surface area contributed by atoms with Gasteiger partial charge in [-0.1, -0.05) is 24.6 Å². The third-order valence-electron chi connectivity index (χ3n) is 9.92. The maximum Gasteiger partial charge on any atom is 0.415 e. The highest BCUT2D eigenvalue weighted by Crippen LogP contribution is 2.64. The van der Waals surface area contributed by atoms with E-state index in [1.54, 1.807) is 13.1 Å². The molecule has 4 unspecified atom stereocenters. The molecular formula is C30H40N6O6. The summed E-state index contributed by atoms with van der Waals surface area (Å²) in [7, 11) is 1.60. The van der Waals surface area contributed by atoms with Gasteiger partial charge in [0.15, 0.2) is 17.5 Å². The highest BCUT2D eigenvalue weighted by atomic mass is 16.6. The van der Waals surface area contributed by atoms with Crippen molar-refractivity contribution >= 4 is 23.9 Å². The fraction of sp³-hybridized carbons (Fsp3) is 0.600. The van der Waals surface area contributed by atoms with Crippen LogP contribution >= 0.6 is 0 Å². The zero-order valence-electron chi connectivity index (χ0n) is 24.1. The number of allylic oxidation sites excluding steroid dienone is 1. The first-order valence-electron chi connectivity index (χ1n) is 14.8. The Morgan fingerprint density at radius 3 is 2.83 bits per heavy atom. The quantitative estimate of drug-likeness (QED) is 0.161. The van der Waals surface area contributed by atoms with Gasteiger partial charge in [-0.3, -0.25) is 14.6 Å². The number of rotatable bonds is 9. The molecule has 5 aliphatic rings. The van der Waals surface area contributed by atoms with Gasteiger partial charge in [0.25, 0.3) is 0 Å². The van der Waals surface area contributed by atoms with Gasteiger partial charge < -0.3 is 41.6 Å². The number of benzene rings is 1. The number of carbonyl (C=O) groups is 3. The molecule has 1 aromatic carbocycles. The van der Waals surface area contributed by atoms with E-state index < -0.39 is 23.8 Å². The van der Waals surface area contributed by atoms with Crippen LogP contribution in [0.5, 0.6) is 11.5 Å². The van der Waals surface area contributed by atoms with Gasteiger partial charge in [-0.05, 0) is 61.5 Å². The highest BCUT2D eigenvalue weighted by molar-refractivity contribution is 5.94. The summed E-state index contributed by atoms with van der Waals surface area (Å²) >= 11 is 0. The lowest BCUT2D eigenvalue weighted by molar-refractivity contribution is -0.129. The first-order chi connectivity index (χ1) is 20.1. The van der Waals surface area contributed by atoms with Crippen LogP contribution in [0, 0.1) is 17.8 Å². The molecule has 4 aliphatic carbocycles. The number of hydrogen-bond acceptors (Lipinski definition) is 7. The lowest BCUT2D eigenvalue weighted by Crippen LogP contribution is -2.57. The number of likely N-dealkylation sites (N-methyl/N-ethyl adjacent to an activating group) is 1. The van der Waals surface area contributed by atoms with Crippen LogP contribution in [0.25, 0.3) is 0 Å². The molecule has 0 aromatic heterocycles. The molecule has 12 nitrogen and oxygen atoms in total. The molecule has 0 saturated heterocycles. The van der Waals surface area contributed by atoms with Crippen molar-refractivity contribution in [1.82, 2.24) is 15.5 Å². The normalized spacial score (nSPS) is 32.6. The van der Waals surface area contributed by atoms with Gasteiger partial charge in [0.2, 0.25) is 11.8 Å². The summed E-state index contributed by atoms with van der Waals surface area (Å²) in [6, 6.07) is 3.83. The zero-order valence-corrected chi connectivity index (χ0v) is 24.1. The molecule has 2 bridgehead atoms. The molecule has 3 amide bonds. The third-order valence-corrected chi connectivity index (χ3v) is 9.92. The third kappa shape index (κ3) is 4.56. The number of guanidine groups is 1. The Bertz CT molecular complexity index is 1360. The lowest BCUT2D eigenvalue weighted by atomic mass is 9.50. The minimum atomic E-state index is -1.000. The summed E-state index contributed by atoms with van der Waals surface area (Å²) < 4.78 is 12.3. The second-order valence-corrected chi connectivity index (χ2v) is 12.5. The van der Waals surface area contributed by atoms with Crippen LogP contribution in [-0.4, -0.2) is 78.3 Å². The molecule has 0 radical (unpaired) electrons. The summed E-state index contributed by atoms with van der Waals surface area (Å²) in [6.45, 7) is 2.10. The average molecular weight is 581 g/mol. The number of nitrogens with one attached hydrogen (secondary N) is 2. The number of nitrogens with zero attached hydrogens (tertiary/aromatic N) is 2. The van der Waals surface area contributed by atoms with Crippen LogP contribution < -0.4 is 31.6 Å². The molecule has 2 saturated carbocycles. The Labute approximate surface area is 244 Å². The largest absolute Gasteiger partial charge is 0.482 e. The van der Waals surface area contributed by atoms with Crippen molar-refractivity contribution in [1.29, 1.82) is 0 Å². The van der Waals surface area contributed by atoms with Crippen molar-refractivity contribution in [3.63, 3.8) is 0 Å². The summed E-state index contributed by atoms with van der Waals surface area (Å²) in [5.41, 5.74) is 11.8. The lowest BCUT2D eigenvalue weighted by Gasteiger charge is -2.53. The first-order valence-corrected chi connectivity index (χ1v) is 14.8. The number of carbonyl (C=O) groups excluding carboxylic acids is 3. The van der Waals surface area contributed by atoms with Crippen molar-refractivity contribution in [2.45, 2.75) is 68.6 Å². The van der Waals surface area contributed by atoms with Gasteiger partial charge in [0.05, 0.1) is 0 Å². The second kappa shape index (κ2) is 10.5. The molecule has 7 atom stereocenters. The number of hydrogen-bond donors (Lipinski definition) is 5. The van der Waals surface area contributed by atoms with E-state index in [2.05, 4.69) is 21.7 Å². The zero-order chi connectivity index (χ0) is 29.8. The number of aliphatic imine (C=N–C) groups is 1. The van der Waals surface area contributed by atoms with E-state index in [9.17, 15) is 19.5 Å². The Morgan fingerprint density at radius 2 is 2.07 bits per heavy atom. The Kier molecular flexibility index (Phi) is 7.07. The SMILES string of the molecule is CC(=O)NC1(C(=O)NCCN(C)C(=O)Oc2ccc3c4c2O[C@H]2C(O)C=CC5[C@H](CCC[C@@]452)C3)CC1CCN=C(N)N. The first kappa shape index (κ1) is 28.3. The van der Waals surface area contributed by atoms with Gasteiger partial charge >= 0.3 is 6.09 Å². The molecule has 2 fully saturated rings. The van der Waals surface area contributed by atoms with Gasteiger partial charge in [-0.15, -0.1) is 0 Å². The molecular weight excluding hydrogens is 540 g/mol. The van der Waals surface area contributed by atoms with E-state index in [0.29, 0.717) is 42.7 Å². The second-order valence-electron chi connectivity index (χ2n) is 12.5. The molecule has 1 aliphatic heterocycles. The predicted molar refractivity (Wildman–Crippen MR) is 154 cm³/mol. The maximum absolute atomic E-state index is 13.1. The van der Waals surface area contributed by atoms with E-state index in [-0.39, 0.29) is 42.2 Å². The standard InChI is InChI=1S/C30H40N6O6/c1-16(37)35-30(15-19(30)9-11-34-27(31)32)26(39)33-12-13-36(2)28(40)41-22-8-5-18-14-17-4-3-10-29-20(17)6-7-21(38)25(29)42-24(22)23(18)29/h5-8,17,19-21,25,38H,3-4,9-15H2,1-2H3,(H,33,39)(H,35,37)(H4,31,32,34)/t17-,19?,20?,21?,25+,29+,30?/m1/s1. The monoisotopic (exact) mass is 580 g/mol. The van der Waals surface area contributed by atoms with E-state index >= 15 is 0 Å². The molecule has 12 heteroatoms. The fourth-order valence-electron chi connectivity index (χ4n) is 8.04. The Balaban J connectivity index is 1.09. The van der Waals surface area contributed by atoms with E-state index in [0.717, 1.165) is 31.2 Å². The van der Waals surface area contributed by atoms with E-state index in [1.807, 2.05) is 12.1 Å². The fourth-order valence-corrected chi connectivity index (χ4v) is 8.04. The topological polar surface area (TPSA) is 182 Å². The van der Waals surface area contributed by atoms with E-state index in [1.165, 1.54) is 17.4 Å². The van der Waals surface area contributed by atoms with Gasteiger partial charge in [0.1, 0.15) is 17.7 Å². The van der Waals surface area contributed by atoms with Crippen molar-refractivity contribution in [3.8, 4) is 11.5 Å². The molecule has 6 rings (SSSR count). The van der Waals surface area contributed by atoms with Crippen molar-refractivity contribution in [2.75, 3.05) is 26.7 Å². The molecule has 42 heavy (non-hydrogen) atoms. The van der Waals surface area contributed by atoms with Crippen LogP contribution in [0.3, 0.4) is 0 Å². The molecule has 7 N–H and O–H groups in total. The molecule has 226 valence electrons. The van der Waals surface area contributed by atoms with Crippen LogP contribution in [0.4, 0.5) is 4.79 Å². The van der Waals surface area contributed by atoms with Crippen molar-refractivity contribution in [3.05, 3.63) is 35.4 Å². The predicted octanol–water partition coefficient (Wildman–Crippen LogP) is 0.694. The van der Waals surface area contributed by atoms with Gasteiger partial charge in [0, 0.05) is 44.6 Å². The van der Waals surface area contributed by atoms with Crippen molar-refractivity contribution in [2.24, 2.45) is 34.2 Å². The van der Waals surface area contributed by atoms with Crippen molar-refractivity contribution < 1.29 is 29.0 Å². The van der Waals surface area contributed by atoms with E-state index in [4.69, 9.17) is 20.9 Å². The van der Waals surface area contributed by atoms with Crippen LogP contribution in [-0.2, 0) is 21.4 Å². The summed E-state index contributed by atoms with van der Waals surface area (Å²) in [6.07, 6.45) is 7.53. The summed E-state index contributed by atoms with van der Waals surface area (Å²) in [5.74, 6) is 1.04. The number of aliphatic hydroxyl groups is 1. The Morgan fingerprint density at radius 1 is 1.26 bits per heavy atom. The molecule has 1 aromatic rings. The number of ether oxygens (including phenoxy) is 2. The number of aliphatic hydroxyl groups excluding tert-OH is 1. The van der Waals surface area contributed by atoms with Crippen LogP contribution in [0.15, 0.2) is 29.3 Å². The summed E-state index contributed by atoms with van der Waals surface area (Å²) in [4.78, 5) is 43.3. The summed E-state index contributed by atoms with van der Waals surface area (Å²) in [5, 5.41) is 16.5. The average Bonchev–Trinajstić information content (AvgIpc) is 3.50. The smallest absolute Gasteiger partial charge is 0.415 e. The molecule has 1 heterocycles. The van der Waals surface area contributed by atoms with Gasteiger partial charge in [-0.2, -0.15) is 0 Å². The number of amides is 3. The Hall–Kier alpha value is -3.80. The van der Waals surface area contributed by atoms with Crippen LogP contribution in [0.1, 0.15) is 50.2 Å². The highest BCUT2D eigenvalue weighted by Gasteiger charge is 2.63.